The molecule has 2 aromatic rings. The van der Waals surface area contributed by atoms with E-state index in [9.17, 15) is 9.59 Å². The summed E-state index contributed by atoms with van der Waals surface area (Å²) in [6.07, 6.45) is 9.44. The number of fused-ring (bicyclic) bond motifs is 1. The fourth-order valence-corrected chi connectivity index (χ4v) is 2.76. The number of aromatic amines is 1. The van der Waals surface area contributed by atoms with Crippen LogP contribution in [-0.2, 0) is 4.74 Å². The number of esters is 1. The normalized spacial score (nSPS) is 12.0. The maximum atomic E-state index is 12.3. The average Bonchev–Trinajstić information content (AvgIpc) is 3.22. The number of carbonyl (C=O) groups excluding carboxylic acids is 2. The highest BCUT2D eigenvalue weighted by molar-refractivity contribution is 5.94. The van der Waals surface area contributed by atoms with Crippen LogP contribution in [0, 0.1) is 0 Å². The van der Waals surface area contributed by atoms with Crippen molar-refractivity contribution in [2.75, 3.05) is 26.0 Å². The molecule has 0 saturated carbocycles. The minimum atomic E-state index is -0.445. The van der Waals surface area contributed by atoms with Gasteiger partial charge in [0, 0.05) is 30.4 Å². The van der Waals surface area contributed by atoms with E-state index in [1.54, 1.807) is 37.7 Å². The van der Waals surface area contributed by atoms with Crippen LogP contribution in [0.15, 0.2) is 66.3 Å². The first-order valence-electron chi connectivity index (χ1n) is 10.2. The SMILES string of the molecule is C=C(/C=C(\CC)NC(=O)NC(/C=C\NC)=C/C)CNc1cnc2[nH]c(C(=O)OC)cc2c1. The van der Waals surface area contributed by atoms with Crippen LogP contribution >= 0.6 is 0 Å². The highest BCUT2D eigenvalue weighted by atomic mass is 16.5. The average molecular weight is 439 g/mol. The fraction of sp³-hybridized carbons (Fsp3) is 0.261. The van der Waals surface area contributed by atoms with E-state index in [0.29, 0.717) is 30.0 Å². The number of allylic oxidation sites excluding steroid dienone is 3. The van der Waals surface area contributed by atoms with Gasteiger partial charge in [0.25, 0.3) is 0 Å². The molecule has 0 saturated heterocycles. The Morgan fingerprint density at radius 1 is 1.28 bits per heavy atom. The van der Waals surface area contributed by atoms with E-state index in [2.05, 4.69) is 37.8 Å². The lowest BCUT2D eigenvalue weighted by Crippen LogP contribution is -2.34. The third-order valence-corrected chi connectivity index (χ3v) is 4.43. The molecular weight excluding hydrogens is 408 g/mol. The van der Waals surface area contributed by atoms with Gasteiger partial charge in [-0.2, -0.15) is 0 Å². The van der Waals surface area contributed by atoms with Crippen LogP contribution in [0.1, 0.15) is 30.8 Å². The Morgan fingerprint density at radius 3 is 2.72 bits per heavy atom. The Labute approximate surface area is 187 Å². The van der Waals surface area contributed by atoms with Gasteiger partial charge in [-0.1, -0.05) is 19.6 Å². The predicted molar refractivity (Wildman–Crippen MR) is 127 cm³/mol. The number of urea groups is 1. The Kier molecular flexibility index (Phi) is 9.09. The second-order valence-electron chi connectivity index (χ2n) is 6.82. The second-order valence-corrected chi connectivity index (χ2v) is 6.82. The number of aromatic nitrogens is 2. The zero-order chi connectivity index (χ0) is 23.5. The van der Waals surface area contributed by atoms with Crippen LogP contribution in [0.5, 0.6) is 0 Å². The fourth-order valence-electron chi connectivity index (χ4n) is 2.76. The van der Waals surface area contributed by atoms with Crippen LogP contribution in [-0.4, -0.2) is 42.7 Å². The van der Waals surface area contributed by atoms with E-state index in [1.807, 2.05) is 26.0 Å². The lowest BCUT2D eigenvalue weighted by molar-refractivity contribution is 0.0595. The lowest BCUT2D eigenvalue weighted by atomic mass is 10.2. The van der Waals surface area contributed by atoms with Gasteiger partial charge in [-0.25, -0.2) is 14.6 Å². The van der Waals surface area contributed by atoms with Crippen molar-refractivity contribution in [2.24, 2.45) is 0 Å². The second kappa shape index (κ2) is 12.0. The molecule has 32 heavy (non-hydrogen) atoms. The Hall–Kier alpha value is -4.01. The van der Waals surface area contributed by atoms with Crippen molar-refractivity contribution in [3.8, 4) is 0 Å². The number of anilines is 1. The molecule has 0 aromatic carbocycles. The van der Waals surface area contributed by atoms with Gasteiger partial charge in [0.05, 0.1) is 19.0 Å². The molecule has 9 heteroatoms. The van der Waals surface area contributed by atoms with Crippen LogP contribution in [0.2, 0.25) is 0 Å². The third kappa shape index (κ3) is 7.05. The summed E-state index contributed by atoms with van der Waals surface area (Å²) in [5.74, 6) is -0.445. The quantitative estimate of drug-likeness (QED) is 0.286. The van der Waals surface area contributed by atoms with E-state index >= 15 is 0 Å². The van der Waals surface area contributed by atoms with Gasteiger partial charge >= 0.3 is 12.0 Å². The van der Waals surface area contributed by atoms with Crippen LogP contribution in [0.3, 0.4) is 0 Å². The van der Waals surface area contributed by atoms with Crippen LogP contribution in [0.4, 0.5) is 10.5 Å². The number of H-pyrrole nitrogens is 1. The topological polar surface area (TPSA) is 120 Å². The molecule has 0 bridgehead atoms. The smallest absolute Gasteiger partial charge is 0.354 e. The molecule has 0 fully saturated rings. The highest BCUT2D eigenvalue weighted by Gasteiger charge is 2.10. The van der Waals surface area contributed by atoms with Gasteiger partial charge < -0.3 is 31.0 Å². The molecule has 0 spiro atoms. The number of pyridine rings is 1. The third-order valence-electron chi connectivity index (χ3n) is 4.43. The largest absolute Gasteiger partial charge is 0.464 e. The van der Waals surface area contributed by atoms with Gasteiger partial charge in [-0.05, 0) is 49.4 Å². The number of methoxy groups -OCH3 is 1. The number of ether oxygens (including phenoxy) is 1. The maximum Gasteiger partial charge on any atom is 0.354 e. The molecule has 2 rings (SSSR count). The van der Waals surface area contributed by atoms with Crippen molar-refractivity contribution in [2.45, 2.75) is 20.3 Å². The zero-order valence-electron chi connectivity index (χ0n) is 18.8. The van der Waals surface area contributed by atoms with E-state index in [-0.39, 0.29) is 6.03 Å². The molecule has 0 aliphatic rings. The summed E-state index contributed by atoms with van der Waals surface area (Å²) in [7, 11) is 3.12. The summed E-state index contributed by atoms with van der Waals surface area (Å²) >= 11 is 0. The van der Waals surface area contributed by atoms with Gasteiger partial charge in [0.1, 0.15) is 11.3 Å². The molecular formula is C23H30N6O3. The summed E-state index contributed by atoms with van der Waals surface area (Å²) in [4.78, 5) is 31.1. The molecule has 9 nitrogen and oxygen atoms in total. The Morgan fingerprint density at radius 2 is 2.06 bits per heavy atom. The molecule has 2 heterocycles. The summed E-state index contributed by atoms with van der Waals surface area (Å²) in [5, 5.41) is 12.5. The molecule has 0 unspecified atom stereocenters. The van der Waals surface area contributed by atoms with Crippen LogP contribution < -0.4 is 21.3 Å². The van der Waals surface area contributed by atoms with Gasteiger partial charge in [0.2, 0.25) is 0 Å². The van der Waals surface area contributed by atoms with E-state index in [1.165, 1.54) is 7.11 Å². The van der Waals surface area contributed by atoms with Crippen molar-refractivity contribution in [3.63, 3.8) is 0 Å². The number of carbonyl (C=O) groups is 2. The molecule has 0 aliphatic heterocycles. The number of rotatable bonds is 10. The lowest BCUT2D eigenvalue weighted by Gasteiger charge is -2.12. The van der Waals surface area contributed by atoms with Gasteiger partial charge in [-0.15, -0.1) is 0 Å². The highest BCUT2D eigenvalue weighted by Crippen LogP contribution is 2.18. The predicted octanol–water partition coefficient (Wildman–Crippen LogP) is 3.55. The van der Waals surface area contributed by atoms with Crippen molar-refractivity contribution < 1.29 is 14.3 Å². The standard InChI is InChI=1S/C23H30N6O3/c1-6-17(8-9-24-4)27-23(31)28-18(7-2)10-15(3)13-25-19-11-16-12-20(22(30)32-5)29-21(16)26-14-19/h6,8-12,14,24-25H,3,7,13H2,1-2,4-5H3,(H,26,29)(H2,27,28,31)/b9-8-,17-6+,18-10+. The molecule has 5 N–H and O–H groups in total. The first-order valence-corrected chi connectivity index (χ1v) is 10.2. The monoisotopic (exact) mass is 438 g/mol. The van der Waals surface area contributed by atoms with Crippen molar-refractivity contribution in [1.29, 1.82) is 0 Å². The number of nitrogens with zero attached hydrogens (tertiary/aromatic N) is 1. The minimum absolute atomic E-state index is 0.323. The molecule has 0 radical (unpaired) electrons. The summed E-state index contributed by atoms with van der Waals surface area (Å²) in [6.45, 7) is 8.31. The summed E-state index contributed by atoms with van der Waals surface area (Å²) in [6, 6.07) is 3.25. The van der Waals surface area contributed by atoms with Crippen LogP contribution in [0.25, 0.3) is 11.0 Å². The number of hydrogen-bond donors (Lipinski definition) is 5. The number of hydrogen-bond acceptors (Lipinski definition) is 6. The Bertz CT molecular complexity index is 1060. The van der Waals surface area contributed by atoms with Crippen molar-refractivity contribution in [3.05, 3.63) is 72.0 Å². The maximum absolute atomic E-state index is 12.3. The molecule has 2 aromatic heterocycles. The van der Waals surface area contributed by atoms with E-state index < -0.39 is 5.97 Å². The first kappa shape index (κ1) is 24.3. The molecule has 0 atom stereocenters. The summed E-state index contributed by atoms with van der Waals surface area (Å²) < 4.78 is 4.72. The van der Waals surface area contributed by atoms with Crippen molar-refractivity contribution in [1.82, 2.24) is 25.9 Å². The van der Waals surface area contributed by atoms with Gasteiger partial charge in [-0.3, -0.25) is 0 Å². The van der Waals surface area contributed by atoms with E-state index in [0.717, 1.165) is 22.3 Å². The Balaban J connectivity index is 1.96. The number of nitrogens with one attached hydrogen (secondary N) is 5. The zero-order valence-corrected chi connectivity index (χ0v) is 18.8. The number of amides is 2. The summed E-state index contributed by atoms with van der Waals surface area (Å²) in [5.41, 5.74) is 3.93. The molecule has 2 amide bonds. The molecule has 170 valence electrons. The molecule has 0 aliphatic carbocycles. The minimum Gasteiger partial charge on any atom is -0.464 e. The van der Waals surface area contributed by atoms with Crippen molar-refractivity contribution >= 4 is 28.7 Å². The van der Waals surface area contributed by atoms with Gasteiger partial charge in [0.15, 0.2) is 0 Å². The van der Waals surface area contributed by atoms with E-state index in [4.69, 9.17) is 4.74 Å². The first-order chi connectivity index (χ1) is 15.4.